The topological polar surface area (TPSA) is 80.6 Å². The van der Waals surface area contributed by atoms with Crippen LogP contribution in [0.3, 0.4) is 0 Å². The van der Waals surface area contributed by atoms with Crippen molar-refractivity contribution >= 4 is 17.5 Å². The number of carbonyl (C=O) groups excluding carboxylic acids is 2. The van der Waals surface area contributed by atoms with Gasteiger partial charge in [-0.25, -0.2) is 0 Å². The predicted molar refractivity (Wildman–Crippen MR) is 111 cm³/mol. The van der Waals surface area contributed by atoms with Gasteiger partial charge in [-0.15, -0.1) is 0 Å². The Kier molecular flexibility index (Phi) is 7.05. The van der Waals surface area contributed by atoms with E-state index >= 15 is 0 Å². The van der Waals surface area contributed by atoms with Crippen molar-refractivity contribution in [1.82, 2.24) is 5.32 Å². The number of para-hydroxylation sites is 1. The summed E-state index contributed by atoms with van der Waals surface area (Å²) in [6.45, 7) is 2.73. The Morgan fingerprint density at radius 1 is 1.03 bits per heavy atom. The highest BCUT2D eigenvalue weighted by Gasteiger charge is 2.13. The maximum Gasteiger partial charge on any atom is 0.253 e. The maximum atomic E-state index is 12.5. The van der Waals surface area contributed by atoms with Crippen molar-refractivity contribution in [1.29, 1.82) is 0 Å². The summed E-state index contributed by atoms with van der Waals surface area (Å²) < 4.78 is 10.9. The van der Waals surface area contributed by atoms with Crippen LogP contribution in [0.5, 0.6) is 5.75 Å². The van der Waals surface area contributed by atoms with Crippen molar-refractivity contribution in [3.63, 3.8) is 0 Å². The number of ether oxygens (including phenoxy) is 1. The second-order valence-electron chi connectivity index (χ2n) is 6.62. The van der Waals surface area contributed by atoms with E-state index in [4.69, 9.17) is 9.15 Å². The summed E-state index contributed by atoms with van der Waals surface area (Å²) in [6.07, 6.45) is 2.43. The Bertz CT molecular complexity index is 951. The summed E-state index contributed by atoms with van der Waals surface area (Å²) in [4.78, 5) is 24.7. The van der Waals surface area contributed by atoms with Crippen molar-refractivity contribution in [2.75, 3.05) is 11.9 Å². The summed E-state index contributed by atoms with van der Waals surface area (Å²) in [7, 11) is 0. The van der Waals surface area contributed by atoms with Gasteiger partial charge in [0.25, 0.3) is 5.91 Å². The van der Waals surface area contributed by atoms with Crippen molar-refractivity contribution in [3.8, 4) is 5.75 Å². The van der Waals surface area contributed by atoms with E-state index < -0.39 is 0 Å². The first kappa shape index (κ1) is 20.2. The number of aryl methyl sites for hydroxylation is 1. The first-order chi connectivity index (χ1) is 14.1. The van der Waals surface area contributed by atoms with Crippen LogP contribution in [0.4, 0.5) is 5.69 Å². The molecule has 0 bridgehead atoms. The molecule has 2 amide bonds. The van der Waals surface area contributed by atoms with E-state index in [1.54, 1.807) is 42.7 Å². The zero-order valence-electron chi connectivity index (χ0n) is 16.3. The molecule has 0 radical (unpaired) electrons. The Morgan fingerprint density at radius 2 is 1.90 bits per heavy atom. The summed E-state index contributed by atoms with van der Waals surface area (Å²) in [5, 5.41) is 5.60. The van der Waals surface area contributed by atoms with Gasteiger partial charge in [0, 0.05) is 6.42 Å². The summed E-state index contributed by atoms with van der Waals surface area (Å²) in [6, 6.07) is 18.3. The van der Waals surface area contributed by atoms with Crippen LogP contribution >= 0.6 is 0 Å². The molecule has 6 heteroatoms. The summed E-state index contributed by atoms with van der Waals surface area (Å²) >= 11 is 0. The van der Waals surface area contributed by atoms with Crippen LogP contribution in [0.2, 0.25) is 0 Å². The number of benzene rings is 2. The molecule has 150 valence electrons. The van der Waals surface area contributed by atoms with Crippen LogP contribution in [0, 0.1) is 6.92 Å². The van der Waals surface area contributed by atoms with Gasteiger partial charge in [-0.05, 0) is 55.3 Å². The number of carbonyl (C=O) groups is 2. The lowest BCUT2D eigenvalue weighted by Crippen LogP contribution is -2.24. The van der Waals surface area contributed by atoms with E-state index in [1.807, 2.05) is 31.2 Å². The zero-order valence-corrected chi connectivity index (χ0v) is 16.3. The molecule has 0 aliphatic carbocycles. The Morgan fingerprint density at radius 3 is 2.69 bits per heavy atom. The number of anilines is 1. The number of hydrogen-bond donors (Lipinski definition) is 2. The van der Waals surface area contributed by atoms with E-state index in [0.29, 0.717) is 36.5 Å². The van der Waals surface area contributed by atoms with Crippen LogP contribution < -0.4 is 15.4 Å². The molecular weight excluding hydrogens is 368 g/mol. The summed E-state index contributed by atoms with van der Waals surface area (Å²) in [5.74, 6) is 1.02. The predicted octanol–water partition coefficient (Wildman–Crippen LogP) is 4.32. The van der Waals surface area contributed by atoms with Gasteiger partial charge in [-0.2, -0.15) is 0 Å². The SMILES string of the molecule is Cc1cccc(OCCCC(=O)Nc2ccccc2C(=O)NCc2ccco2)c1. The van der Waals surface area contributed by atoms with Gasteiger partial charge < -0.3 is 19.8 Å². The Hall–Kier alpha value is -3.54. The Balaban J connectivity index is 1.47. The molecule has 0 saturated carbocycles. The molecule has 0 atom stereocenters. The molecule has 3 rings (SSSR count). The fourth-order valence-electron chi connectivity index (χ4n) is 2.81. The molecule has 1 aromatic heterocycles. The second kappa shape index (κ2) is 10.1. The van der Waals surface area contributed by atoms with Crippen molar-refractivity contribution in [3.05, 3.63) is 83.8 Å². The van der Waals surface area contributed by atoms with Gasteiger partial charge in [-0.1, -0.05) is 24.3 Å². The van der Waals surface area contributed by atoms with Crippen LogP contribution in [-0.2, 0) is 11.3 Å². The average Bonchev–Trinajstić information content (AvgIpc) is 3.24. The van der Waals surface area contributed by atoms with Crippen LogP contribution in [0.15, 0.2) is 71.3 Å². The molecule has 2 N–H and O–H groups in total. The molecule has 2 aromatic carbocycles. The number of rotatable bonds is 9. The van der Waals surface area contributed by atoms with Crippen molar-refractivity contribution in [2.24, 2.45) is 0 Å². The highest BCUT2D eigenvalue weighted by Crippen LogP contribution is 2.16. The zero-order chi connectivity index (χ0) is 20.5. The van der Waals surface area contributed by atoms with Crippen molar-refractivity contribution in [2.45, 2.75) is 26.3 Å². The van der Waals surface area contributed by atoms with Gasteiger partial charge in [0.2, 0.25) is 5.91 Å². The highest BCUT2D eigenvalue weighted by atomic mass is 16.5. The maximum absolute atomic E-state index is 12.5. The van der Waals surface area contributed by atoms with Gasteiger partial charge in [0.1, 0.15) is 11.5 Å². The molecule has 29 heavy (non-hydrogen) atoms. The molecular formula is C23H24N2O4. The van der Waals surface area contributed by atoms with Gasteiger partial charge in [0.15, 0.2) is 0 Å². The molecule has 0 spiro atoms. The lowest BCUT2D eigenvalue weighted by atomic mass is 10.1. The smallest absolute Gasteiger partial charge is 0.253 e. The van der Waals surface area contributed by atoms with Crippen LogP contribution in [0.25, 0.3) is 0 Å². The molecule has 0 saturated heterocycles. The second-order valence-corrected chi connectivity index (χ2v) is 6.62. The molecule has 6 nitrogen and oxygen atoms in total. The first-order valence-electron chi connectivity index (χ1n) is 9.51. The molecule has 0 aliphatic rings. The number of nitrogens with one attached hydrogen (secondary N) is 2. The lowest BCUT2D eigenvalue weighted by molar-refractivity contribution is -0.116. The summed E-state index contributed by atoms with van der Waals surface area (Å²) in [5.41, 5.74) is 2.01. The van der Waals surface area contributed by atoms with E-state index in [2.05, 4.69) is 10.6 Å². The van der Waals surface area contributed by atoms with E-state index in [0.717, 1.165) is 11.3 Å². The fourth-order valence-corrected chi connectivity index (χ4v) is 2.81. The minimum atomic E-state index is -0.278. The number of furan rings is 1. The molecule has 0 unspecified atom stereocenters. The monoisotopic (exact) mass is 392 g/mol. The van der Waals surface area contributed by atoms with Gasteiger partial charge >= 0.3 is 0 Å². The Labute approximate surface area is 169 Å². The average molecular weight is 392 g/mol. The quantitative estimate of drug-likeness (QED) is 0.532. The third kappa shape index (κ3) is 6.24. The van der Waals surface area contributed by atoms with E-state index in [-0.39, 0.29) is 18.4 Å². The van der Waals surface area contributed by atoms with E-state index in [9.17, 15) is 9.59 Å². The lowest BCUT2D eigenvalue weighted by Gasteiger charge is -2.11. The molecule has 0 fully saturated rings. The van der Waals surface area contributed by atoms with Crippen LogP contribution in [0.1, 0.15) is 34.5 Å². The fraction of sp³-hybridized carbons (Fsp3) is 0.217. The standard InChI is InChI=1S/C23H24N2O4/c1-17-7-4-8-18(15-17)28-14-6-12-22(26)25-21-11-3-2-10-20(21)23(27)24-16-19-9-5-13-29-19/h2-5,7-11,13,15H,6,12,14,16H2,1H3,(H,24,27)(H,25,26). The third-order valence-electron chi connectivity index (χ3n) is 4.26. The third-order valence-corrected chi connectivity index (χ3v) is 4.26. The van der Waals surface area contributed by atoms with Gasteiger partial charge in [-0.3, -0.25) is 9.59 Å². The molecule has 3 aromatic rings. The molecule has 1 heterocycles. The molecule has 0 aliphatic heterocycles. The number of hydrogen-bond acceptors (Lipinski definition) is 4. The van der Waals surface area contributed by atoms with Gasteiger partial charge in [0.05, 0.1) is 30.7 Å². The largest absolute Gasteiger partial charge is 0.494 e. The van der Waals surface area contributed by atoms with Crippen molar-refractivity contribution < 1.29 is 18.7 Å². The first-order valence-corrected chi connectivity index (χ1v) is 9.51. The minimum absolute atomic E-state index is 0.163. The van der Waals surface area contributed by atoms with Crippen LogP contribution in [-0.4, -0.2) is 18.4 Å². The highest BCUT2D eigenvalue weighted by molar-refractivity contribution is 6.03. The van der Waals surface area contributed by atoms with E-state index in [1.165, 1.54) is 0 Å². The number of amides is 2. The minimum Gasteiger partial charge on any atom is -0.494 e. The normalized spacial score (nSPS) is 10.4.